The summed E-state index contributed by atoms with van der Waals surface area (Å²) in [7, 11) is 0. The van der Waals surface area contributed by atoms with Crippen LogP contribution in [0.15, 0.2) is 36.4 Å². The lowest BCUT2D eigenvalue weighted by molar-refractivity contribution is -0.254. The summed E-state index contributed by atoms with van der Waals surface area (Å²) in [5.74, 6) is -1.56. The Balaban J connectivity index is 1.44. The number of benzene rings is 1. The number of carbonyl (C=O) groups is 3. The molecule has 3 fully saturated rings. The highest BCUT2D eigenvalue weighted by molar-refractivity contribution is 6.22. The Labute approximate surface area is 207 Å². The maximum atomic E-state index is 13.4. The molecule has 1 aromatic rings. The second kappa shape index (κ2) is 8.86. The Morgan fingerprint density at radius 3 is 2.69 bits per heavy atom. The minimum Gasteiger partial charge on any atom is -0.461 e. The number of rotatable bonds is 5. The maximum absolute atomic E-state index is 13.4. The lowest BCUT2D eigenvalue weighted by Crippen LogP contribution is -2.73. The van der Waals surface area contributed by atoms with Crippen LogP contribution in [0.1, 0.15) is 69.2 Å². The van der Waals surface area contributed by atoms with E-state index in [9.17, 15) is 19.5 Å². The summed E-state index contributed by atoms with van der Waals surface area (Å²) >= 11 is 0. The summed E-state index contributed by atoms with van der Waals surface area (Å²) in [6.45, 7) is 6.43. The smallest absolute Gasteiger partial charge is 0.340 e. The molecule has 0 aromatic heterocycles. The van der Waals surface area contributed by atoms with Gasteiger partial charge in [0.05, 0.1) is 16.9 Å². The minimum absolute atomic E-state index is 0.112. The summed E-state index contributed by atoms with van der Waals surface area (Å²) in [5.41, 5.74) is -1.22. The summed E-state index contributed by atoms with van der Waals surface area (Å²) in [5, 5.41) is 12.3. The largest absolute Gasteiger partial charge is 0.461 e. The summed E-state index contributed by atoms with van der Waals surface area (Å²) in [6, 6.07) is 6.65. The first-order chi connectivity index (χ1) is 16.8. The number of para-hydroxylation sites is 1. The van der Waals surface area contributed by atoms with Crippen molar-refractivity contribution < 1.29 is 24.2 Å². The number of piperidine rings is 1. The first kappa shape index (κ1) is 24.2. The van der Waals surface area contributed by atoms with Gasteiger partial charge in [-0.1, -0.05) is 44.6 Å². The molecule has 2 saturated heterocycles. The van der Waals surface area contributed by atoms with Crippen LogP contribution in [-0.4, -0.2) is 59.6 Å². The molecule has 188 valence electrons. The number of anilines is 1. The second-order valence-corrected chi connectivity index (χ2v) is 11.1. The molecule has 0 spiro atoms. The van der Waals surface area contributed by atoms with Crippen molar-refractivity contribution in [2.75, 3.05) is 31.1 Å². The van der Waals surface area contributed by atoms with Crippen molar-refractivity contribution in [3.8, 4) is 0 Å². The molecule has 2 amide bonds. The Bertz CT molecular complexity index is 1070. The van der Waals surface area contributed by atoms with Crippen LogP contribution in [-0.2, 0) is 14.3 Å². The fraction of sp³-hybridized carbons (Fsp3) is 0.607. The Hall–Kier alpha value is -2.51. The lowest BCUT2D eigenvalue weighted by Gasteiger charge is -2.66. The average molecular weight is 481 g/mol. The summed E-state index contributed by atoms with van der Waals surface area (Å²) < 4.78 is 5.99. The number of esters is 1. The van der Waals surface area contributed by atoms with Crippen LogP contribution in [0.25, 0.3) is 0 Å². The molecule has 35 heavy (non-hydrogen) atoms. The summed E-state index contributed by atoms with van der Waals surface area (Å²) in [4.78, 5) is 42.1. The van der Waals surface area contributed by atoms with Gasteiger partial charge < -0.3 is 14.7 Å². The third-order valence-corrected chi connectivity index (χ3v) is 9.15. The third-order valence-electron chi connectivity index (χ3n) is 9.15. The zero-order chi connectivity index (χ0) is 24.8. The van der Waals surface area contributed by atoms with E-state index in [4.69, 9.17) is 4.74 Å². The van der Waals surface area contributed by atoms with Gasteiger partial charge in [-0.3, -0.25) is 9.59 Å². The minimum atomic E-state index is -0.937. The molecule has 2 bridgehead atoms. The normalized spacial score (nSPS) is 35.1. The molecular weight excluding hydrogens is 444 g/mol. The van der Waals surface area contributed by atoms with E-state index in [2.05, 4.69) is 24.0 Å². The van der Waals surface area contributed by atoms with E-state index in [1.165, 1.54) is 0 Å². The second-order valence-electron chi connectivity index (χ2n) is 11.1. The fourth-order valence-corrected chi connectivity index (χ4v) is 7.27. The van der Waals surface area contributed by atoms with Crippen molar-refractivity contribution in [3.05, 3.63) is 42.0 Å². The van der Waals surface area contributed by atoms with Gasteiger partial charge in [-0.15, -0.1) is 0 Å². The molecule has 7 nitrogen and oxygen atoms in total. The Kier molecular flexibility index (Phi) is 6.12. The summed E-state index contributed by atoms with van der Waals surface area (Å²) in [6.07, 6.45) is 9.68. The topological polar surface area (TPSA) is 87.2 Å². The van der Waals surface area contributed by atoms with Crippen LogP contribution < -0.4 is 4.90 Å². The van der Waals surface area contributed by atoms with E-state index in [-0.39, 0.29) is 41.5 Å². The van der Waals surface area contributed by atoms with E-state index < -0.39 is 22.9 Å². The fourth-order valence-electron chi connectivity index (χ4n) is 7.27. The molecule has 4 atom stereocenters. The predicted octanol–water partition coefficient (Wildman–Crippen LogP) is 3.71. The standard InChI is InChI=1S/C28H36N2O5/c1-3-29-17-26-12-7-4-8-15-28(26,34)27(18-29,14-9-13-26)19-35-25(33)21-10-5-6-11-22(21)30-23(31)16-20(2)24(30)32/h4-6,8,10-11,20,34H,3,7,9,12-19H2,1-2H3/t20?,26-,27+,28-/m1/s1. The number of imide groups is 1. The number of hydrogen-bond donors (Lipinski definition) is 1. The van der Waals surface area contributed by atoms with Crippen LogP contribution >= 0.6 is 0 Å². The number of allylic oxidation sites excluding steroid dienone is 1. The lowest BCUT2D eigenvalue weighted by atomic mass is 9.47. The van der Waals surface area contributed by atoms with Gasteiger partial charge in [-0.25, -0.2) is 9.69 Å². The first-order valence-electron chi connectivity index (χ1n) is 13.0. The molecule has 5 rings (SSSR count). The number of nitrogens with zero attached hydrogens (tertiary/aromatic N) is 2. The quantitative estimate of drug-likeness (QED) is 0.393. The maximum Gasteiger partial charge on any atom is 0.340 e. The van der Waals surface area contributed by atoms with Gasteiger partial charge in [0.2, 0.25) is 11.8 Å². The van der Waals surface area contributed by atoms with Gasteiger partial charge in [-0.2, -0.15) is 0 Å². The molecular formula is C28H36N2O5. The van der Waals surface area contributed by atoms with E-state index in [0.717, 1.165) is 50.1 Å². The monoisotopic (exact) mass is 480 g/mol. The van der Waals surface area contributed by atoms with Gasteiger partial charge in [0.25, 0.3) is 0 Å². The molecule has 2 aliphatic heterocycles. The molecule has 2 aliphatic carbocycles. The van der Waals surface area contributed by atoms with Gasteiger partial charge in [0, 0.05) is 36.3 Å². The van der Waals surface area contributed by atoms with Crippen molar-refractivity contribution in [3.63, 3.8) is 0 Å². The number of likely N-dealkylation sites (tertiary alicyclic amines) is 1. The Morgan fingerprint density at radius 1 is 1.14 bits per heavy atom. The first-order valence-corrected chi connectivity index (χ1v) is 13.0. The third kappa shape index (κ3) is 3.66. The number of aliphatic hydroxyl groups is 1. The molecule has 1 N–H and O–H groups in total. The molecule has 7 heteroatoms. The number of carbonyl (C=O) groups excluding carboxylic acids is 3. The number of ether oxygens (including phenoxy) is 1. The van der Waals surface area contributed by atoms with Crippen LogP contribution in [0.4, 0.5) is 5.69 Å². The molecule has 1 aromatic carbocycles. The molecule has 1 unspecified atom stereocenters. The van der Waals surface area contributed by atoms with Crippen LogP contribution in [0.3, 0.4) is 0 Å². The Morgan fingerprint density at radius 2 is 1.94 bits per heavy atom. The van der Waals surface area contributed by atoms with Crippen molar-refractivity contribution in [1.29, 1.82) is 0 Å². The van der Waals surface area contributed by atoms with Gasteiger partial charge in [0.1, 0.15) is 6.61 Å². The number of amides is 2. The van der Waals surface area contributed by atoms with E-state index in [1.807, 2.05) is 0 Å². The molecule has 1 saturated carbocycles. The van der Waals surface area contributed by atoms with E-state index >= 15 is 0 Å². The molecule has 4 aliphatic rings. The highest BCUT2D eigenvalue weighted by atomic mass is 16.5. The van der Waals surface area contributed by atoms with Gasteiger partial charge >= 0.3 is 5.97 Å². The predicted molar refractivity (Wildman–Crippen MR) is 132 cm³/mol. The van der Waals surface area contributed by atoms with Crippen LogP contribution in [0, 0.1) is 16.7 Å². The van der Waals surface area contributed by atoms with Crippen LogP contribution in [0.2, 0.25) is 0 Å². The van der Waals surface area contributed by atoms with Gasteiger partial charge in [-0.05, 0) is 50.8 Å². The number of hydrogen-bond acceptors (Lipinski definition) is 6. The van der Waals surface area contributed by atoms with E-state index in [0.29, 0.717) is 13.0 Å². The van der Waals surface area contributed by atoms with Crippen molar-refractivity contribution in [1.82, 2.24) is 4.90 Å². The van der Waals surface area contributed by atoms with E-state index in [1.54, 1.807) is 31.2 Å². The van der Waals surface area contributed by atoms with Crippen LogP contribution in [0.5, 0.6) is 0 Å². The SMILES string of the molecule is CCN1C[C@]23CCC=CC[C@]2(O)[C@@](COC(=O)c2ccccc2N2C(=O)CC(C)C2=O)(CCC3)C1. The molecule has 0 radical (unpaired) electrons. The van der Waals surface area contributed by atoms with Gasteiger partial charge in [0.15, 0.2) is 0 Å². The zero-order valence-electron chi connectivity index (χ0n) is 20.8. The molecule has 2 heterocycles. The highest BCUT2D eigenvalue weighted by Crippen LogP contribution is 2.62. The van der Waals surface area contributed by atoms with Crippen molar-refractivity contribution >= 4 is 23.5 Å². The zero-order valence-corrected chi connectivity index (χ0v) is 20.8. The average Bonchev–Trinajstić information content (AvgIpc) is 2.97. The van der Waals surface area contributed by atoms with Crippen molar-refractivity contribution in [2.45, 2.75) is 64.4 Å². The highest BCUT2D eigenvalue weighted by Gasteiger charge is 2.67. The van der Waals surface area contributed by atoms with Crippen molar-refractivity contribution in [2.24, 2.45) is 16.7 Å².